The van der Waals surface area contributed by atoms with E-state index in [2.05, 4.69) is 4.98 Å². The number of anilines is 2. The molecule has 0 atom stereocenters. The van der Waals surface area contributed by atoms with Crippen LogP contribution in [0.1, 0.15) is 0 Å². The molecule has 0 spiro atoms. The molecular weight excluding hydrogens is 386 g/mol. The Balaban J connectivity index is 2.35. The Kier molecular flexibility index (Phi) is 5.48. The van der Waals surface area contributed by atoms with Crippen molar-refractivity contribution in [3.8, 4) is 17.4 Å². The summed E-state index contributed by atoms with van der Waals surface area (Å²) in [6, 6.07) is 3.84. The summed E-state index contributed by atoms with van der Waals surface area (Å²) in [5.74, 6) is -2.43. The highest BCUT2D eigenvalue weighted by Gasteiger charge is 2.39. The molecule has 0 unspecified atom stereocenters. The van der Waals surface area contributed by atoms with E-state index in [1.54, 1.807) is 5.32 Å². The minimum atomic E-state index is -5.08. The second kappa shape index (κ2) is 7.24. The molecule has 134 valence electrons. The normalized spacial score (nSPS) is 11.1. The van der Waals surface area contributed by atoms with Crippen LogP contribution in [0.15, 0.2) is 24.4 Å². The van der Waals surface area contributed by atoms with Gasteiger partial charge in [-0.3, -0.25) is 4.79 Å². The first-order chi connectivity index (χ1) is 11.6. The Morgan fingerprint density at radius 2 is 1.84 bits per heavy atom. The molecule has 1 heterocycles. The minimum Gasteiger partial charge on any atom is -0.480 e. The summed E-state index contributed by atoms with van der Waals surface area (Å²) in [4.78, 5) is 14.9. The first-order valence-electron chi connectivity index (χ1n) is 6.46. The standard InChI is InChI=1S/C14H10Cl2F3N3O3/c1-24-12-10(22-13(23)14(17,18)19)4-7(5-21-12)25-11-8(15)2-6(20)3-9(11)16/h2-5H,20H2,1H3,(H,22,23). The number of aromatic nitrogens is 1. The van der Waals surface area contributed by atoms with Crippen molar-refractivity contribution in [1.82, 2.24) is 4.98 Å². The summed E-state index contributed by atoms with van der Waals surface area (Å²) < 4.78 is 47.5. The molecule has 1 aromatic heterocycles. The molecule has 1 aromatic carbocycles. The highest BCUT2D eigenvalue weighted by atomic mass is 35.5. The van der Waals surface area contributed by atoms with E-state index in [0.29, 0.717) is 5.69 Å². The van der Waals surface area contributed by atoms with Crippen LogP contribution < -0.4 is 20.5 Å². The van der Waals surface area contributed by atoms with Crippen LogP contribution in [0, 0.1) is 0 Å². The summed E-state index contributed by atoms with van der Waals surface area (Å²) in [5.41, 5.74) is 5.53. The number of carbonyl (C=O) groups excluding carboxylic acids is 1. The Morgan fingerprint density at radius 3 is 2.36 bits per heavy atom. The number of benzene rings is 1. The van der Waals surface area contributed by atoms with E-state index in [0.717, 1.165) is 12.3 Å². The van der Waals surface area contributed by atoms with E-state index in [1.165, 1.54) is 19.2 Å². The van der Waals surface area contributed by atoms with Crippen LogP contribution >= 0.6 is 23.2 Å². The molecule has 0 bridgehead atoms. The van der Waals surface area contributed by atoms with Gasteiger partial charge in [0.25, 0.3) is 0 Å². The molecule has 3 N–H and O–H groups in total. The molecule has 11 heteroatoms. The number of nitrogen functional groups attached to an aromatic ring is 1. The Labute approximate surface area is 149 Å². The van der Waals surface area contributed by atoms with Crippen molar-refractivity contribution < 1.29 is 27.4 Å². The maximum atomic E-state index is 12.4. The van der Waals surface area contributed by atoms with Crippen molar-refractivity contribution in [1.29, 1.82) is 0 Å². The van der Waals surface area contributed by atoms with Gasteiger partial charge in [0.2, 0.25) is 5.88 Å². The van der Waals surface area contributed by atoms with Crippen LogP contribution in [0.5, 0.6) is 17.4 Å². The Hall–Kier alpha value is -2.39. The predicted octanol–water partition coefficient (Wildman–Crippen LogP) is 4.27. The van der Waals surface area contributed by atoms with E-state index in [4.69, 9.17) is 38.4 Å². The summed E-state index contributed by atoms with van der Waals surface area (Å²) in [7, 11) is 1.18. The van der Waals surface area contributed by atoms with Crippen LogP contribution in [0.4, 0.5) is 24.5 Å². The number of hydrogen-bond acceptors (Lipinski definition) is 5. The predicted molar refractivity (Wildman–Crippen MR) is 86.4 cm³/mol. The van der Waals surface area contributed by atoms with E-state index in [9.17, 15) is 18.0 Å². The lowest BCUT2D eigenvalue weighted by molar-refractivity contribution is -0.167. The number of carbonyl (C=O) groups is 1. The van der Waals surface area contributed by atoms with Crippen LogP contribution in [0.3, 0.4) is 0 Å². The largest absolute Gasteiger partial charge is 0.480 e. The van der Waals surface area contributed by atoms with Gasteiger partial charge in [-0.25, -0.2) is 4.98 Å². The Morgan fingerprint density at radius 1 is 1.24 bits per heavy atom. The maximum Gasteiger partial charge on any atom is 0.471 e. The average molecular weight is 396 g/mol. The third-order valence-electron chi connectivity index (χ3n) is 2.77. The molecule has 0 aliphatic carbocycles. The molecule has 6 nitrogen and oxygen atoms in total. The number of hydrogen-bond donors (Lipinski definition) is 2. The zero-order valence-electron chi connectivity index (χ0n) is 12.4. The van der Waals surface area contributed by atoms with Crippen molar-refractivity contribution in [2.45, 2.75) is 6.18 Å². The molecule has 0 saturated carbocycles. The third-order valence-corrected chi connectivity index (χ3v) is 3.33. The number of methoxy groups -OCH3 is 1. The summed E-state index contributed by atoms with van der Waals surface area (Å²) in [5, 5.41) is 1.82. The van der Waals surface area contributed by atoms with Crippen LogP contribution in [-0.4, -0.2) is 24.2 Å². The lowest BCUT2D eigenvalue weighted by Gasteiger charge is -2.14. The number of rotatable bonds is 4. The van der Waals surface area contributed by atoms with Gasteiger partial charge in [-0.1, -0.05) is 23.2 Å². The molecule has 0 aliphatic rings. The van der Waals surface area contributed by atoms with Gasteiger partial charge in [-0.05, 0) is 12.1 Å². The number of nitrogens with zero attached hydrogens (tertiary/aromatic N) is 1. The molecule has 0 saturated heterocycles. The third kappa shape index (κ3) is 4.58. The molecule has 0 radical (unpaired) electrons. The van der Waals surface area contributed by atoms with Crippen molar-refractivity contribution in [2.75, 3.05) is 18.2 Å². The smallest absolute Gasteiger partial charge is 0.471 e. The van der Waals surface area contributed by atoms with Crippen molar-refractivity contribution in [3.05, 3.63) is 34.4 Å². The lowest BCUT2D eigenvalue weighted by Crippen LogP contribution is -2.30. The fourth-order valence-electron chi connectivity index (χ4n) is 1.73. The van der Waals surface area contributed by atoms with Crippen LogP contribution in [0.25, 0.3) is 0 Å². The monoisotopic (exact) mass is 395 g/mol. The van der Waals surface area contributed by atoms with Gasteiger partial charge in [0.15, 0.2) is 5.75 Å². The topological polar surface area (TPSA) is 86.5 Å². The van der Waals surface area contributed by atoms with Gasteiger partial charge in [0.05, 0.1) is 23.4 Å². The fourth-order valence-corrected chi connectivity index (χ4v) is 2.31. The van der Waals surface area contributed by atoms with Gasteiger partial charge in [-0.2, -0.15) is 13.2 Å². The van der Waals surface area contributed by atoms with E-state index in [-0.39, 0.29) is 33.1 Å². The fraction of sp³-hybridized carbons (Fsp3) is 0.143. The van der Waals surface area contributed by atoms with Gasteiger partial charge in [0, 0.05) is 11.8 Å². The number of pyridine rings is 1. The second-order valence-corrected chi connectivity index (χ2v) is 5.41. The van der Waals surface area contributed by atoms with E-state index >= 15 is 0 Å². The first kappa shape index (κ1) is 18.9. The Bertz CT molecular complexity index is 793. The van der Waals surface area contributed by atoms with E-state index < -0.39 is 12.1 Å². The minimum absolute atomic E-state index is 0.0256. The lowest BCUT2D eigenvalue weighted by atomic mass is 10.3. The molecule has 0 fully saturated rings. The average Bonchev–Trinajstić information content (AvgIpc) is 2.50. The SMILES string of the molecule is COc1ncc(Oc2c(Cl)cc(N)cc2Cl)cc1NC(=O)C(F)(F)F. The van der Waals surface area contributed by atoms with Gasteiger partial charge < -0.3 is 20.5 Å². The zero-order chi connectivity index (χ0) is 18.8. The molecule has 2 aromatic rings. The second-order valence-electron chi connectivity index (χ2n) is 4.60. The zero-order valence-corrected chi connectivity index (χ0v) is 14.0. The summed E-state index contributed by atoms with van der Waals surface area (Å²) >= 11 is 11.9. The highest BCUT2D eigenvalue weighted by molar-refractivity contribution is 6.37. The van der Waals surface area contributed by atoms with Crippen LogP contribution in [-0.2, 0) is 4.79 Å². The molecule has 2 rings (SSSR count). The van der Waals surface area contributed by atoms with Gasteiger partial charge in [-0.15, -0.1) is 0 Å². The number of alkyl halides is 3. The first-order valence-corrected chi connectivity index (χ1v) is 7.22. The maximum absolute atomic E-state index is 12.4. The van der Waals surface area contributed by atoms with Crippen molar-refractivity contribution >= 4 is 40.5 Å². The molecular formula is C14H10Cl2F3N3O3. The molecule has 0 aliphatic heterocycles. The van der Waals surface area contributed by atoms with Gasteiger partial charge in [0.1, 0.15) is 11.4 Å². The quantitative estimate of drug-likeness (QED) is 0.754. The highest BCUT2D eigenvalue weighted by Crippen LogP contribution is 2.39. The summed E-state index contributed by atoms with van der Waals surface area (Å²) in [6.45, 7) is 0. The van der Waals surface area contributed by atoms with Crippen molar-refractivity contribution in [2.24, 2.45) is 0 Å². The molecule has 1 amide bonds. The number of nitrogens with one attached hydrogen (secondary N) is 1. The molecule has 25 heavy (non-hydrogen) atoms. The number of amides is 1. The number of halogens is 5. The van der Waals surface area contributed by atoms with Crippen molar-refractivity contribution in [3.63, 3.8) is 0 Å². The summed E-state index contributed by atoms with van der Waals surface area (Å²) in [6.07, 6.45) is -3.92. The van der Waals surface area contributed by atoms with E-state index in [1.807, 2.05) is 0 Å². The van der Waals surface area contributed by atoms with Crippen LogP contribution in [0.2, 0.25) is 10.0 Å². The van der Waals surface area contributed by atoms with Gasteiger partial charge >= 0.3 is 12.1 Å². The number of nitrogens with two attached hydrogens (primary N) is 1. The number of ether oxygens (including phenoxy) is 2.